The van der Waals surface area contributed by atoms with Gasteiger partial charge in [0, 0.05) is 5.92 Å². The van der Waals surface area contributed by atoms with Crippen molar-refractivity contribution in [3.05, 3.63) is 65.5 Å². The van der Waals surface area contributed by atoms with E-state index in [0.29, 0.717) is 0 Å². The van der Waals surface area contributed by atoms with Gasteiger partial charge >= 0.3 is 0 Å². The monoisotopic (exact) mass is 215 g/mol. The van der Waals surface area contributed by atoms with Gasteiger partial charge in [-0.2, -0.15) is 0 Å². The molecule has 2 aromatic rings. The van der Waals surface area contributed by atoms with E-state index in [1.165, 1.54) is 11.6 Å². The first-order chi connectivity index (χ1) is 7.68. The number of rotatable bonds is 2. The van der Waals surface area contributed by atoms with Crippen LogP contribution in [0.5, 0.6) is 0 Å². The zero-order valence-corrected chi connectivity index (χ0v) is 9.15. The summed E-state index contributed by atoms with van der Waals surface area (Å²) in [6.07, 6.45) is 0. The molecule has 0 saturated heterocycles. The quantitative estimate of drug-likeness (QED) is 0.761. The minimum atomic E-state index is -0.357. The largest absolute Gasteiger partial charge is 0.396 e. The molecule has 2 aromatic carbocycles. The molecule has 1 nitrogen and oxygen atoms in total. The summed E-state index contributed by atoms with van der Waals surface area (Å²) in [6, 6.07) is 15.0. The van der Waals surface area contributed by atoms with Gasteiger partial charge in [-0.25, -0.2) is 4.39 Å². The molecule has 0 heterocycles. The van der Waals surface area contributed by atoms with Crippen LogP contribution in [0.3, 0.4) is 0 Å². The minimum absolute atomic E-state index is 0.209. The maximum atomic E-state index is 13.0. The fraction of sp³-hybridized carbons (Fsp3) is 0.143. The first-order valence-corrected chi connectivity index (χ1v) is 5.28. The molecule has 0 saturated carbocycles. The van der Waals surface area contributed by atoms with Crippen LogP contribution in [-0.4, -0.2) is 0 Å². The van der Waals surface area contributed by atoms with Crippen LogP contribution in [0, 0.1) is 5.82 Å². The molecule has 0 spiro atoms. The Morgan fingerprint density at radius 1 is 1.00 bits per heavy atom. The molecule has 82 valence electrons. The number of hydrogen-bond donors (Lipinski definition) is 1. The summed E-state index contributed by atoms with van der Waals surface area (Å²) < 4.78 is 13.0. The van der Waals surface area contributed by atoms with Gasteiger partial charge in [0.05, 0.1) is 5.69 Å². The Morgan fingerprint density at radius 3 is 2.31 bits per heavy atom. The van der Waals surface area contributed by atoms with Crippen LogP contribution in [0.2, 0.25) is 0 Å². The van der Waals surface area contributed by atoms with Crippen molar-refractivity contribution < 1.29 is 4.39 Å². The van der Waals surface area contributed by atoms with Gasteiger partial charge < -0.3 is 5.73 Å². The van der Waals surface area contributed by atoms with E-state index in [2.05, 4.69) is 19.1 Å². The van der Waals surface area contributed by atoms with Gasteiger partial charge in [0.25, 0.3) is 0 Å². The van der Waals surface area contributed by atoms with E-state index in [1.54, 1.807) is 12.1 Å². The highest BCUT2D eigenvalue weighted by Gasteiger charge is 2.09. The second-order valence-electron chi connectivity index (χ2n) is 3.91. The fourth-order valence-electron chi connectivity index (χ4n) is 1.77. The molecular formula is C14H14FN. The molecule has 1 atom stereocenters. The first kappa shape index (κ1) is 10.7. The highest BCUT2D eigenvalue weighted by atomic mass is 19.1. The second-order valence-corrected chi connectivity index (χ2v) is 3.91. The Hall–Kier alpha value is -1.83. The molecule has 0 aliphatic carbocycles. The van der Waals surface area contributed by atoms with Gasteiger partial charge in [-0.3, -0.25) is 0 Å². The lowest BCUT2D eigenvalue weighted by atomic mass is 9.93. The van der Waals surface area contributed by atoms with E-state index in [0.717, 1.165) is 5.56 Å². The van der Waals surface area contributed by atoms with Crippen molar-refractivity contribution in [3.63, 3.8) is 0 Å². The average molecular weight is 215 g/mol. The summed E-state index contributed by atoms with van der Waals surface area (Å²) >= 11 is 0. The summed E-state index contributed by atoms with van der Waals surface area (Å²) in [5.41, 5.74) is 8.00. The van der Waals surface area contributed by atoms with E-state index in [1.807, 2.05) is 18.2 Å². The summed E-state index contributed by atoms with van der Waals surface area (Å²) in [4.78, 5) is 0. The summed E-state index contributed by atoms with van der Waals surface area (Å²) in [5, 5.41) is 0. The zero-order valence-electron chi connectivity index (χ0n) is 9.15. The van der Waals surface area contributed by atoms with Crippen molar-refractivity contribution in [1.82, 2.24) is 0 Å². The molecule has 16 heavy (non-hydrogen) atoms. The highest BCUT2D eigenvalue weighted by molar-refractivity contribution is 5.45. The molecule has 0 aliphatic heterocycles. The SMILES string of the molecule is C[C@@H](c1ccccc1)c1ccc(F)c(N)c1. The van der Waals surface area contributed by atoms with Gasteiger partial charge in [0.1, 0.15) is 5.82 Å². The molecule has 0 aliphatic rings. The van der Waals surface area contributed by atoms with Gasteiger partial charge in [0.15, 0.2) is 0 Å². The van der Waals surface area contributed by atoms with Crippen molar-refractivity contribution in [2.45, 2.75) is 12.8 Å². The Bertz CT molecular complexity index is 479. The predicted octanol–water partition coefficient (Wildman–Crippen LogP) is 3.56. The minimum Gasteiger partial charge on any atom is -0.396 e. The maximum absolute atomic E-state index is 13.0. The van der Waals surface area contributed by atoms with E-state index >= 15 is 0 Å². The van der Waals surface area contributed by atoms with Crippen LogP contribution in [0.1, 0.15) is 24.0 Å². The molecule has 0 unspecified atom stereocenters. The fourth-order valence-corrected chi connectivity index (χ4v) is 1.77. The molecule has 0 amide bonds. The van der Waals surface area contributed by atoms with Gasteiger partial charge in [0.2, 0.25) is 0 Å². The maximum Gasteiger partial charge on any atom is 0.146 e. The molecule has 0 bridgehead atoms. The summed E-state index contributed by atoms with van der Waals surface area (Å²) in [6.45, 7) is 2.09. The predicted molar refractivity (Wildman–Crippen MR) is 64.8 cm³/mol. The Balaban J connectivity index is 2.34. The molecular weight excluding hydrogens is 201 g/mol. The van der Waals surface area contributed by atoms with Crippen molar-refractivity contribution in [2.75, 3.05) is 5.73 Å². The normalized spacial score (nSPS) is 12.4. The lowest BCUT2D eigenvalue weighted by Crippen LogP contribution is -1.98. The number of halogens is 1. The molecule has 0 fully saturated rings. The van der Waals surface area contributed by atoms with Crippen molar-refractivity contribution >= 4 is 5.69 Å². The van der Waals surface area contributed by atoms with Crippen molar-refractivity contribution in [1.29, 1.82) is 0 Å². The van der Waals surface area contributed by atoms with E-state index in [4.69, 9.17) is 5.73 Å². The Labute approximate surface area is 94.7 Å². The Kier molecular flexibility index (Phi) is 2.91. The van der Waals surface area contributed by atoms with Crippen LogP contribution in [0.25, 0.3) is 0 Å². The molecule has 2 heteroatoms. The molecule has 2 rings (SSSR count). The smallest absolute Gasteiger partial charge is 0.146 e. The number of anilines is 1. The molecule has 2 N–H and O–H groups in total. The topological polar surface area (TPSA) is 26.0 Å². The number of nitrogen functional groups attached to an aromatic ring is 1. The van der Waals surface area contributed by atoms with Crippen LogP contribution in [0.4, 0.5) is 10.1 Å². The van der Waals surface area contributed by atoms with Gasteiger partial charge in [-0.05, 0) is 23.3 Å². The number of nitrogens with two attached hydrogens (primary N) is 1. The van der Waals surface area contributed by atoms with Crippen LogP contribution in [-0.2, 0) is 0 Å². The molecule has 0 radical (unpaired) electrons. The van der Waals surface area contributed by atoms with Crippen molar-refractivity contribution in [3.8, 4) is 0 Å². The third kappa shape index (κ3) is 2.06. The third-order valence-electron chi connectivity index (χ3n) is 2.82. The molecule has 0 aromatic heterocycles. The number of benzene rings is 2. The zero-order chi connectivity index (χ0) is 11.5. The van der Waals surface area contributed by atoms with Gasteiger partial charge in [-0.15, -0.1) is 0 Å². The van der Waals surface area contributed by atoms with Crippen LogP contribution in [0.15, 0.2) is 48.5 Å². The highest BCUT2D eigenvalue weighted by Crippen LogP contribution is 2.26. The Morgan fingerprint density at radius 2 is 1.69 bits per heavy atom. The van der Waals surface area contributed by atoms with E-state index in [9.17, 15) is 4.39 Å². The van der Waals surface area contributed by atoms with Crippen LogP contribution < -0.4 is 5.73 Å². The van der Waals surface area contributed by atoms with Gasteiger partial charge in [-0.1, -0.05) is 43.3 Å². The summed E-state index contributed by atoms with van der Waals surface area (Å²) in [5.74, 6) is -0.131. The van der Waals surface area contributed by atoms with E-state index in [-0.39, 0.29) is 17.4 Å². The number of hydrogen-bond acceptors (Lipinski definition) is 1. The average Bonchev–Trinajstić information content (AvgIpc) is 2.33. The lowest BCUT2D eigenvalue weighted by Gasteiger charge is -2.13. The standard InChI is InChI=1S/C14H14FN/c1-10(11-5-3-2-4-6-11)12-7-8-13(15)14(16)9-12/h2-10H,16H2,1H3/t10-/m0/s1. The first-order valence-electron chi connectivity index (χ1n) is 5.28. The summed E-state index contributed by atoms with van der Waals surface area (Å²) in [7, 11) is 0. The lowest BCUT2D eigenvalue weighted by molar-refractivity contribution is 0.631. The van der Waals surface area contributed by atoms with E-state index < -0.39 is 0 Å². The van der Waals surface area contributed by atoms with Crippen molar-refractivity contribution in [2.24, 2.45) is 0 Å². The van der Waals surface area contributed by atoms with Crippen LogP contribution >= 0.6 is 0 Å². The third-order valence-corrected chi connectivity index (χ3v) is 2.82. The second kappa shape index (κ2) is 4.35.